The first kappa shape index (κ1) is 23.5. The van der Waals surface area contributed by atoms with Gasteiger partial charge in [-0.15, -0.1) is 0 Å². The molecule has 0 saturated heterocycles. The van der Waals surface area contributed by atoms with Crippen LogP contribution >= 0.6 is 0 Å². The maximum absolute atomic E-state index is 10.5. The van der Waals surface area contributed by atoms with Crippen molar-refractivity contribution in [2.24, 2.45) is 0 Å². The Bertz CT molecular complexity index is 439. The van der Waals surface area contributed by atoms with Gasteiger partial charge in [-0.05, 0) is 24.3 Å². The van der Waals surface area contributed by atoms with E-state index in [2.05, 4.69) is 5.32 Å². The van der Waals surface area contributed by atoms with E-state index in [9.17, 15) is 4.79 Å². The molecule has 2 N–H and O–H groups in total. The standard InChI is InChI=1S/C8H9NO2.2Na.H2O4S/c1-6(10)9-7-2-4-8(11)5-3-7;;;1-5(2,3)4/h2-5,11H,1H3,(H,9,10);;;(H2,1,2,3,4)/q;2*+1;/p-2. The first-order valence-electron chi connectivity index (χ1n) is 3.92. The average Bonchev–Trinajstić information content (AvgIpc) is 2.05. The van der Waals surface area contributed by atoms with Gasteiger partial charge in [0.05, 0.1) is 0 Å². The average molecular weight is 293 g/mol. The molecule has 0 spiro atoms. The zero-order chi connectivity index (χ0) is 12.8. The first-order valence-corrected chi connectivity index (χ1v) is 5.25. The number of rotatable bonds is 1. The molecule has 1 aromatic carbocycles. The summed E-state index contributed by atoms with van der Waals surface area (Å²) in [5.74, 6) is 0.0785. The van der Waals surface area contributed by atoms with Crippen LogP contribution in [0, 0.1) is 0 Å². The van der Waals surface area contributed by atoms with E-state index in [1.165, 1.54) is 19.1 Å². The molecule has 0 unspecified atom stereocenters. The molecule has 1 aromatic rings. The van der Waals surface area contributed by atoms with Crippen molar-refractivity contribution in [1.29, 1.82) is 0 Å². The number of amides is 1. The van der Waals surface area contributed by atoms with Gasteiger partial charge in [0.2, 0.25) is 5.91 Å². The van der Waals surface area contributed by atoms with E-state index in [0.29, 0.717) is 5.69 Å². The van der Waals surface area contributed by atoms with Gasteiger partial charge in [-0.2, -0.15) is 0 Å². The molecule has 0 aliphatic carbocycles. The summed E-state index contributed by atoms with van der Waals surface area (Å²) in [5, 5.41) is 11.5. The smallest absolute Gasteiger partial charge is 0.759 e. The Labute approximate surface area is 149 Å². The molecule has 0 heterocycles. The Morgan fingerprint density at radius 1 is 1.17 bits per heavy atom. The van der Waals surface area contributed by atoms with Crippen LogP contribution in [0.25, 0.3) is 0 Å². The summed E-state index contributed by atoms with van der Waals surface area (Å²) < 4.78 is 34.1. The van der Waals surface area contributed by atoms with E-state index < -0.39 is 10.4 Å². The van der Waals surface area contributed by atoms with Crippen molar-refractivity contribution in [2.45, 2.75) is 6.92 Å². The SMILES string of the molecule is CC(=O)Nc1ccc(O)cc1.O=S(=O)([O-])[O-].[Na+].[Na+]. The fourth-order valence-electron chi connectivity index (χ4n) is 0.748. The summed E-state index contributed by atoms with van der Waals surface area (Å²) in [6, 6.07) is 6.31. The molecule has 0 aliphatic heterocycles. The summed E-state index contributed by atoms with van der Waals surface area (Å²) in [6.45, 7) is 1.44. The van der Waals surface area contributed by atoms with Crippen LogP contribution in [-0.4, -0.2) is 28.5 Å². The number of nitrogens with one attached hydrogen (secondary N) is 1. The minimum Gasteiger partial charge on any atom is -0.759 e. The quantitative estimate of drug-likeness (QED) is 0.229. The van der Waals surface area contributed by atoms with Crippen LogP contribution in [0.15, 0.2) is 24.3 Å². The van der Waals surface area contributed by atoms with Gasteiger partial charge in [-0.3, -0.25) is 13.2 Å². The van der Waals surface area contributed by atoms with E-state index in [4.69, 9.17) is 22.6 Å². The van der Waals surface area contributed by atoms with E-state index in [1.54, 1.807) is 12.1 Å². The second-order valence-corrected chi connectivity index (χ2v) is 3.45. The number of carbonyl (C=O) groups excluding carboxylic acids is 1. The number of carbonyl (C=O) groups is 1. The van der Waals surface area contributed by atoms with Gasteiger partial charge >= 0.3 is 59.1 Å². The first-order chi connectivity index (χ1) is 7.18. The minimum atomic E-state index is -5.17. The second kappa shape index (κ2) is 11.2. The molecule has 0 aliphatic rings. The van der Waals surface area contributed by atoms with Crippen LogP contribution in [0.4, 0.5) is 5.69 Å². The van der Waals surface area contributed by atoms with Crippen LogP contribution in [0.2, 0.25) is 0 Å². The van der Waals surface area contributed by atoms with Gasteiger partial charge in [0.15, 0.2) is 0 Å². The maximum Gasteiger partial charge on any atom is 1.00 e. The third kappa shape index (κ3) is 18.7. The molecule has 0 atom stereocenters. The number of hydrogen-bond donors (Lipinski definition) is 2. The van der Waals surface area contributed by atoms with Gasteiger partial charge in [-0.1, -0.05) is 0 Å². The molecular formula is C8H9NNa2O6S. The Morgan fingerprint density at radius 2 is 1.50 bits per heavy atom. The molecule has 1 amide bonds. The molecule has 18 heavy (non-hydrogen) atoms. The van der Waals surface area contributed by atoms with Crippen molar-refractivity contribution in [1.82, 2.24) is 0 Å². The summed E-state index contributed by atoms with van der Waals surface area (Å²) >= 11 is 0. The van der Waals surface area contributed by atoms with E-state index >= 15 is 0 Å². The van der Waals surface area contributed by atoms with Crippen molar-refractivity contribution in [3.8, 4) is 5.75 Å². The topological polar surface area (TPSA) is 130 Å². The maximum atomic E-state index is 10.5. The van der Waals surface area contributed by atoms with Gasteiger partial charge in [0.1, 0.15) is 5.75 Å². The van der Waals surface area contributed by atoms with Crippen molar-refractivity contribution in [2.75, 3.05) is 5.32 Å². The van der Waals surface area contributed by atoms with Gasteiger partial charge in [0.25, 0.3) is 0 Å². The molecule has 1 rings (SSSR count). The van der Waals surface area contributed by atoms with Crippen LogP contribution in [-0.2, 0) is 15.2 Å². The number of hydrogen-bond acceptors (Lipinski definition) is 6. The number of anilines is 1. The number of phenolic OH excluding ortho intramolecular Hbond substituents is 1. The number of aromatic hydroxyl groups is 1. The number of benzene rings is 1. The Hall–Kier alpha value is 0.360. The molecule has 0 saturated carbocycles. The fraction of sp³-hybridized carbons (Fsp3) is 0.125. The summed E-state index contributed by atoms with van der Waals surface area (Å²) in [6.07, 6.45) is 0. The summed E-state index contributed by atoms with van der Waals surface area (Å²) in [7, 11) is -5.17. The third-order valence-electron chi connectivity index (χ3n) is 1.19. The van der Waals surface area contributed by atoms with Crippen molar-refractivity contribution < 1.29 is 86.5 Å². The van der Waals surface area contributed by atoms with Crippen LogP contribution in [0.3, 0.4) is 0 Å². The normalized spacial score (nSPS) is 8.83. The zero-order valence-corrected chi connectivity index (χ0v) is 15.0. The fourth-order valence-corrected chi connectivity index (χ4v) is 0.748. The molecule has 10 heteroatoms. The number of phenols is 1. The zero-order valence-electron chi connectivity index (χ0n) is 10.2. The van der Waals surface area contributed by atoms with E-state index in [-0.39, 0.29) is 70.8 Å². The van der Waals surface area contributed by atoms with Crippen LogP contribution in [0.1, 0.15) is 6.92 Å². The third-order valence-corrected chi connectivity index (χ3v) is 1.19. The Kier molecular flexibility index (Phi) is 14.6. The second-order valence-electron chi connectivity index (χ2n) is 2.64. The summed E-state index contributed by atoms with van der Waals surface area (Å²) in [4.78, 5) is 10.5. The molecule has 0 aromatic heterocycles. The molecule has 0 radical (unpaired) electrons. The molecular weight excluding hydrogens is 284 g/mol. The predicted octanol–water partition coefficient (Wildman–Crippen LogP) is -5.98. The molecule has 0 bridgehead atoms. The van der Waals surface area contributed by atoms with Crippen LogP contribution in [0.5, 0.6) is 5.75 Å². The van der Waals surface area contributed by atoms with Gasteiger partial charge in [0, 0.05) is 23.0 Å². The van der Waals surface area contributed by atoms with Crippen molar-refractivity contribution in [3.05, 3.63) is 24.3 Å². The largest absolute Gasteiger partial charge is 1.00 e. The van der Waals surface area contributed by atoms with E-state index in [0.717, 1.165) is 0 Å². The Balaban J connectivity index is -0.000000282. The Morgan fingerprint density at radius 3 is 1.78 bits per heavy atom. The monoisotopic (exact) mass is 293 g/mol. The van der Waals surface area contributed by atoms with Crippen LogP contribution < -0.4 is 64.4 Å². The van der Waals surface area contributed by atoms with Crippen molar-refractivity contribution in [3.63, 3.8) is 0 Å². The minimum absolute atomic E-state index is 0. The molecule has 0 fully saturated rings. The van der Waals surface area contributed by atoms with Gasteiger partial charge in [-0.25, -0.2) is 0 Å². The molecule has 7 nitrogen and oxygen atoms in total. The van der Waals surface area contributed by atoms with Crippen molar-refractivity contribution >= 4 is 22.0 Å². The summed E-state index contributed by atoms with van der Waals surface area (Å²) in [5.41, 5.74) is 0.690. The van der Waals surface area contributed by atoms with E-state index in [1.807, 2.05) is 0 Å². The molecule has 90 valence electrons. The predicted molar refractivity (Wildman–Crippen MR) is 52.9 cm³/mol. The van der Waals surface area contributed by atoms with Gasteiger partial charge < -0.3 is 19.5 Å².